The van der Waals surface area contributed by atoms with Gasteiger partial charge in [0.1, 0.15) is 6.42 Å². The molecule has 1 aromatic rings. The molecule has 0 unspecified atom stereocenters. The van der Waals surface area contributed by atoms with E-state index >= 15 is 0 Å². The summed E-state index contributed by atoms with van der Waals surface area (Å²) < 4.78 is 0. The van der Waals surface area contributed by atoms with Crippen LogP contribution in [0.5, 0.6) is 0 Å². The van der Waals surface area contributed by atoms with E-state index < -0.39 is 0 Å². The third kappa shape index (κ3) is 4.59. The van der Waals surface area contributed by atoms with E-state index in [1.807, 2.05) is 36.9 Å². The maximum Gasteiger partial charge on any atom is 0.233 e. The lowest BCUT2D eigenvalue weighted by Crippen LogP contribution is -2.34. The number of likely N-dealkylation sites (tertiary alicyclic amines) is 1. The van der Waals surface area contributed by atoms with Crippen molar-refractivity contribution < 1.29 is 9.59 Å². The van der Waals surface area contributed by atoms with Crippen LogP contribution in [-0.4, -0.2) is 29.8 Å². The minimum absolute atomic E-state index is 0.0563. The van der Waals surface area contributed by atoms with Gasteiger partial charge >= 0.3 is 0 Å². The van der Waals surface area contributed by atoms with Gasteiger partial charge in [0.25, 0.3) is 0 Å². The Morgan fingerprint density at radius 1 is 1.10 bits per heavy atom. The standard InChI is InChI=1S/C17H24N2O2/c1-13-7-8-15(14(2)11-13)18-16(20)12-17(21)19-9-5-3-4-6-10-19/h7-8,11H,3-6,9-10,12H2,1-2H3,(H,18,20). The average molecular weight is 288 g/mol. The number of amides is 2. The first-order chi connectivity index (χ1) is 10.1. The number of carbonyl (C=O) groups is 2. The van der Waals surface area contributed by atoms with Crippen molar-refractivity contribution in [1.82, 2.24) is 4.90 Å². The van der Waals surface area contributed by atoms with Gasteiger partial charge < -0.3 is 10.2 Å². The number of hydrogen-bond acceptors (Lipinski definition) is 2. The lowest BCUT2D eigenvalue weighted by molar-refractivity contribution is -0.134. The number of anilines is 1. The van der Waals surface area contributed by atoms with Crippen LogP contribution < -0.4 is 5.32 Å². The van der Waals surface area contributed by atoms with Crippen LogP contribution in [0.4, 0.5) is 5.69 Å². The molecule has 114 valence electrons. The summed E-state index contributed by atoms with van der Waals surface area (Å²) in [7, 11) is 0. The lowest BCUT2D eigenvalue weighted by atomic mass is 10.1. The molecule has 1 N–H and O–H groups in total. The Morgan fingerprint density at radius 3 is 2.38 bits per heavy atom. The Hall–Kier alpha value is -1.84. The van der Waals surface area contributed by atoms with Crippen LogP contribution in [-0.2, 0) is 9.59 Å². The third-order valence-electron chi connectivity index (χ3n) is 3.93. The van der Waals surface area contributed by atoms with Crippen molar-refractivity contribution in [3.8, 4) is 0 Å². The van der Waals surface area contributed by atoms with Gasteiger partial charge in [-0.3, -0.25) is 9.59 Å². The Labute approximate surface area is 126 Å². The van der Waals surface area contributed by atoms with Crippen LogP contribution in [0.2, 0.25) is 0 Å². The fourth-order valence-electron chi connectivity index (χ4n) is 2.72. The molecular weight excluding hydrogens is 264 g/mol. The minimum atomic E-state index is -0.226. The summed E-state index contributed by atoms with van der Waals surface area (Å²) in [5.74, 6) is -0.282. The molecule has 1 aromatic carbocycles. The number of benzene rings is 1. The predicted octanol–water partition coefficient (Wildman–Crippen LogP) is 3.03. The number of aryl methyl sites for hydroxylation is 2. The molecule has 0 radical (unpaired) electrons. The summed E-state index contributed by atoms with van der Waals surface area (Å²) in [5.41, 5.74) is 2.96. The summed E-state index contributed by atoms with van der Waals surface area (Å²) in [5, 5.41) is 2.84. The normalized spacial score (nSPS) is 15.4. The maximum atomic E-state index is 12.2. The molecule has 1 saturated heterocycles. The molecule has 4 nitrogen and oxygen atoms in total. The van der Waals surface area contributed by atoms with E-state index in [9.17, 15) is 9.59 Å². The van der Waals surface area contributed by atoms with Crippen LogP contribution in [0.25, 0.3) is 0 Å². The fourth-order valence-corrected chi connectivity index (χ4v) is 2.72. The van der Waals surface area contributed by atoms with Crippen LogP contribution in [0.3, 0.4) is 0 Å². The second kappa shape index (κ2) is 7.25. The first-order valence-electron chi connectivity index (χ1n) is 7.71. The highest BCUT2D eigenvalue weighted by Gasteiger charge is 2.18. The smallest absolute Gasteiger partial charge is 0.233 e. The third-order valence-corrected chi connectivity index (χ3v) is 3.93. The minimum Gasteiger partial charge on any atom is -0.342 e. The highest BCUT2D eigenvalue weighted by molar-refractivity contribution is 6.03. The number of carbonyl (C=O) groups excluding carboxylic acids is 2. The van der Waals surface area contributed by atoms with Gasteiger partial charge in [0.2, 0.25) is 11.8 Å². The molecule has 0 aromatic heterocycles. The number of hydrogen-bond donors (Lipinski definition) is 1. The second-order valence-electron chi connectivity index (χ2n) is 5.84. The van der Waals surface area contributed by atoms with Crippen molar-refractivity contribution in [2.24, 2.45) is 0 Å². The molecule has 4 heteroatoms. The van der Waals surface area contributed by atoms with Crippen molar-refractivity contribution >= 4 is 17.5 Å². The van der Waals surface area contributed by atoms with Crippen molar-refractivity contribution in [3.05, 3.63) is 29.3 Å². The highest BCUT2D eigenvalue weighted by atomic mass is 16.2. The van der Waals surface area contributed by atoms with Crippen molar-refractivity contribution in [2.75, 3.05) is 18.4 Å². The Kier molecular flexibility index (Phi) is 5.37. The Morgan fingerprint density at radius 2 is 1.76 bits per heavy atom. The molecule has 0 bridgehead atoms. The zero-order valence-electron chi connectivity index (χ0n) is 12.9. The molecule has 21 heavy (non-hydrogen) atoms. The van der Waals surface area contributed by atoms with Crippen molar-refractivity contribution in [3.63, 3.8) is 0 Å². The average Bonchev–Trinajstić information content (AvgIpc) is 2.71. The van der Waals surface area contributed by atoms with E-state index in [0.29, 0.717) is 0 Å². The van der Waals surface area contributed by atoms with E-state index in [1.54, 1.807) is 0 Å². The molecule has 0 aliphatic carbocycles. The van der Waals surface area contributed by atoms with Crippen LogP contribution >= 0.6 is 0 Å². The van der Waals surface area contributed by atoms with Gasteiger partial charge in [-0.1, -0.05) is 30.5 Å². The molecule has 1 aliphatic rings. The zero-order valence-corrected chi connectivity index (χ0v) is 12.9. The van der Waals surface area contributed by atoms with Gasteiger partial charge in [-0.2, -0.15) is 0 Å². The van der Waals surface area contributed by atoms with Crippen molar-refractivity contribution in [1.29, 1.82) is 0 Å². The number of rotatable bonds is 3. The molecule has 0 saturated carbocycles. The largest absolute Gasteiger partial charge is 0.342 e. The molecule has 1 fully saturated rings. The summed E-state index contributed by atoms with van der Waals surface area (Å²) in [4.78, 5) is 26.0. The van der Waals surface area contributed by atoms with Gasteiger partial charge in [-0.05, 0) is 38.3 Å². The summed E-state index contributed by atoms with van der Waals surface area (Å²) in [6, 6.07) is 5.87. The van der Waals surface area contributed by atoms with Crippen molar-refractivity contribution in [2.45, 2.75) is 46.0 Å². The Bertz CT molecular complexity index is 518. The molecule has 1 aliphatic heterocycles. The van der Waals surface area contributed by atoms with Crippen LogP contribution in [0.1, 0.15) is 43.2 Å². The van der Waals surface area contributed by atoms with E-state index in [-0.39, 0.29) is 18.2 Å². The lowest BCUT2D eigenvalue weighted by Gasteiger charge is -2.20. The molecule has 2 rings (SSSR count). The fraction of sp³-hybridized carbons (Fsp3) is 0.529. The van der Waals surface area contributed by atoms with E-state index in [1.165, 1.54) is 12.8 Å². The topological polar surface area (TPSA) is 49.4 Å². The quantitative estimate of drug-likeness (QED) is 0.869. The van der Waals surface area contributed by atoms with Gasteiger partial charge in [-0.15, -0.1) is 0 Å². The summed E-state index contributed by atoms with van der Waals surface area (Å²) >= 11 is 0. The SMILES string of the molecule is Cc1ccc(NC(=O)CC(=O)N2CCCCCC2)c(C)c1. The highest BCUT2D eigenvalue weighted by Crippen LogP contribution is 2.16. The van der Waals surface area contributed by atoms with E-state index in [2.05, 4.69) is 5.32 Å². The molecule has 2 amide bonds. The van der Waals surface area contributed by atoms with E-state index in [4.69, 9.17) is 0 Å². The van der Waals surface area contributed by atoms with Gasteiger partial charge in [-0.25, -0.2) is 0 Å². The van der Waals surface area contributed by atoms with Crippen LogP contribution in [0, 0.1) is 13.8 Å². The maximum absolute atomic E-state index is 12.2. The first kappa shape index (κ1) is 15.5. The van der Waals surface area contributed by atoms with Gasteiger partial charge in [0.05, 0.1) is 0 Å². The summed E-state index contributed by atoms with van der Waals surface area (Å²) in [6.07, 6.45) is 4.39. The zero-order chi connectivity index (χ0) is 15.2. The molecule has 1 heterocycles. The first-order valence-corrected chi connectivity index (χ1v) is 7.71. The molecular formula is C17H24N2O2. The van der Waals surface area contributed by atoms with Crippen LogP contribution in [0.15, 0.2) is 18.2 Å². The monoisotopic (exact) mass is 288 g/mol. The molecule has 0 atom stereocenters. The molecule has 0 spiro atoms. The Balaban J connectivity index is 1.90. The van der Waals surface area contributed by atoms with Gasteiger partial charge in [0, 0.05) is 18.8 Å². The van der Waals surface area contributed by atoms with Gasteiger partial charge in [0.15, 0.2) is 0 Å². The van der Waals surface area contributed by atoms with E-state index in [0.717, 1.165) is 42.7 Å². The number of nitrogens with one attached hydrogen (secondary N) is 1. The predicted molar refractivity (Wildman–Crippen MR) is 84.2 cm³/mol. The second-order valence-corrected chi connectivity index (χ2v) is 5.84. The summed E-state index contributed by atoms with van der Waals surface area (Å²) in [6.45, 7) is 5.55. The number of nitrogens with zero attached hydrogens (tertiary/aromatic N) is 1.